The Bertz CT molecular complexity index is 408. The molecular formula is C14H20N2O. The first-order chi connectivity index (χ1) is 8.08. The first kappa shape index (κ1) is 12.1. The van der Waals surface area contributed by atoms with Gasteiger partial charge in [0.2, 0.25) is 0 Å². The van der Waals surface area contributed by atoms with Crippen molar-refractivity contribution in [2.75, 3.05) is 19.6 Å². The second kappa shape index (κ2) is 4.88. The predicted molar refractivity (Wildman–Crippen MR) is 69.3 cm³/mol. The van der Waals surface area contributed by atoms with Gasteiger partial charge in [-0.3, -0.25) is 4.79 Å². The van der Waals surface area contributed by atoms with Crippen molar-refractivity contribution in [3.8, 4) is 0 Å². The Balaban J connectivity index is 2.23. The number of nitrogens with zero attached hydrogens (tertiary/aromatic N) is 1. The summed E-state index contributed by atoms with van der Waals surface area (Å²) in [5.41, 5.74) is 3.11. The van der Waals surface area contributed by atoms with E-state index in [2.05, 4.69) is 18.3 Å². The monoisotopic (exact) mass is 232 g/mol. The van der Waals surface area contributed by atoms with Crippen molar-refractivity contribution >= 4 is 5.91 Å². The molecule has 1 aromatic carbocycles. The summed E-state index contributed by atoms with van der Waals surface area (Å²) in [6.07, 6.45) is 0. The van der Waals surface area contributed by atoms with Crippen LogP contribution in [0.2, 0.25) is 0 Å². The highest BCUT2D eigenvalue weighted by Gasteiger charge is 2.23. The lowest BCUT2D eigenvalue weighted by Gasteiger charge is -2.34. The molecule has 17 heavy (non-hydrogen) atoms. The molecule has 3 nitrogen and oxygen atoms in total. The Labute approximate surface area is 103 Å². The van der Waals surface area contributed by atoms with Crippen LogP contribution in [0.5, 0.6) is 0 Å². The molecule has 1 aliphatic heterocycles. The van der Waals surface area contributed by atoms with Gasteiger partial charge in [-0.2, -0.15) is 0 Å². The fraction of sp³-hybridized carbons (Fsp3) is 0.500. The number of carbonyl (C=O) groups excluding carboxylic acids is 1. The number of rotatable bonds is 1. The fourth-order valence-electron chi connectivity index (χ4n) is 2.41. The maximum atomic E-state index is 12.4. The van der Waals surface area contributed by atoms with Crippen molar-refractivity contribution < 1.29 is 4.79 Å². The standard InChI is InChI=1S/C14H20N2O/c1-10-6-11(2)8-13(7-10)14(17)16-5-4-15-9-12(16)3/h6-8,12,15H,4-5,9H2,1-3H3. The van der Waals surface area contributed by atoms with Gasteiger partial charge in [-0.25, -0.2) is 0 Å². The van der Waals surface area contributed by atoms with Crippen LogP contribution in [-0.2, 0) is 0 Å². The van der Waals surface area contributed by atoms with E-state index < -0.39 is 0 Å². The molecule has 0 saturated carbocycles. The van der Waals surface area contributed by atoms with E-state index in [1.165, 1.54) is 0 Å². The maximum absolute atomic E-state index is 12.4. The van der Waals surface area contributed by atoms with E-state index in [0.29, 0.717) is 0 Å². The zero-order valence-corrected chi connectivity index (χ0v) is 10.8. The van der Waals surface area contributed by atoms with Crippen LogP contribution in [-0.4, -0.2) is 36.5 Å². The van der Waals surface area contributed by atoms with Gasteiger partial charge >= 0.3 is 0 Å². The van der Waals surface area contributed by atoms with Gasteiger partial charge in [0.05, 0.1) is 0 Å². The fourth-order valence-corrected chi connectivity index (χ4v) is 2.41. The van der Waals surface area contributed by atoms with Crippen molar-refractivity contribution in [3.63, 3.8) is 0 Å². The van der Waals surface area contributed by atoms with Gasteiger partial charge in [0.1, 0.15) is 0 Å². The largest absolute Gasteiger partial charge is 0.333 e. The van der Waals surface area contributed by atoms with E-state index >= 15 is 0 Å². The smallest absolute Gasteiger partial charge is 0.254 e. The van der Waals surface area contributed by atoms with Gasteiger partial charge in [-0.15, -0.1) is 0 Å². The van der Waals surface area contributed by atoms with Crippen molar-refractivity contribution in [3.05, 3.63) is 34.9 Å². The van der Waals surface area contributed by atoms with Crippen LogP contribution in [0.4, 0.5) is 0 Å². The molecule has 1 amide bonds. The molecule has 1 aromatic rings. The van der Waals surface area contributed by atoms with Gasteiger partial charge in [-0.05, 0) is 32.9 Å². The van der Waals surface area contributed by atoms with Crippen LogP contribution in [0.15, 0.2) is 18.2 Å². The number of nitrogens with one attached hydrogen (secondary N) is 1. The minimum atomic E-state index is 0.158. The van der Waals surface area contributed by atoms with Gasteiger partial charge < -0.3 is 10.2 Å². The second-order valence-electron chi connectivity index (χ2n) is 4.93. The molecule has 0 aliphatic carbocycles. The maximum Gasteiger partial charge on any atom is 0.254 e. The summed E-state index contributed by atoms with van der Waals surface area (Å²) in [6.45, 7) is 8.73. The molecule has 0 bridgehead atoms. The highest BCUT2D eigenvalue weighted by Crippen LogP contribution is 2.14. The Morgan fingerprint density at radius 3 is 2.53 bits per heavy atom. The Kier molecular flexibility index (Phi) is 3.48. The summed E-state index contributed by atoms with van der Waals surface area (Å²) in [5, 5.41) is 3.30. The summed E-state index contributed by atoms with van der Waals surface area (Å²) in [4.78, 5) is 14.4. The van der Waals surface area contributed by atoms with Crippen molar-refractivity contribution in [1.82, 2.24) is 10.2 Å². The van der Waals surface area contributed by atoms with Gasteiger partial charge in [0.25, 0.3) is 5.91 Å². The van der Waals surface area contributed by atoms with Crippen LogP contribution in [0, 0.1) is 13.8 Å². The highest BCUT2D eigenvalue weighted by molar-refractivity contribution is 5.94. The number of benzene rings is 1. The highest BCUT2D eigenvalue weighted by atomic mass is 16.2. The minimum Gasteiger partial charge on any atom is -0.333 e. The number of hydrogen-bond donors (Lipinski definition) is 1. The molecule has 0 aromatic heterocycles. The zero-order chi connectivity index (χ0) is 12.4. The third kappa shape index (κ3) is 2.67. The molecule has 92 valence electrons. The Hall–Kier alpha value is -1.35. The third-order valence-corrected chi connectivity index (χ3v) is 3.23. The van der Waals surface area contributed by atoms with Crippen molar-refractivity contribution in [2.24, 2.45) is 0 Å². The number of carbonyl (C=O) groups is 1. The predicted octanol–water partition coefficient (Wildman–Crippen LogP) is 1.74. The summed E-state index contributed by atoms with van der Waals surface area (Å²) in [7, 11) is 0. The van der Waals surface area contributed by atoms with Crippen LogP contribution >= 0.6 is 0 Å². The average molecular weight is 232 g/mol. The summed E-state index contributed by atoms with van der Waals surface area (Å²) in [5.74, 6) is 0.158. The molecule has 0 spiro atoms. The quantitative estimate of drug-likeness (QED) is 0.800. The molecule has 1 N–H and O–H groups in total. The Morgan fingerprint density at radius 1 is 1.29 bits per heavy atom. The molecule has 3 heteroatoms. The molecule has 1 fully saturated rings. The van der Waals surface area contributed by atoms with E-state index in [1.807, 2.05) is 30.9 Å². The van der Waals surface area contributed by atoms with Crippen LogP contribution < -0.4 is 5.32 Å². The lowest BCUT2D eigenvalue weighted by atomic mass is 10.1. The van der Waals surface area contributed by atoms with E-state index in [4.69, 9.17) is 0 Å². The molecule has 2 rings (SSSR count). The van der Waals surface area contributed by atoms with E-state index in [1.54, 1.807) is 0 Å². The lowest BCUT2D eigenvalue weighted by Crippen LogP contribution is -2.52. The SMILES string of the molecule is Cc1cc(C)cc(C(=O)N2CCNCC2C)c1. The number of aryl methyl sites for hydroxylation is 2. The molecule has 1 aliphatic rings. The second-order valence-corrected chi connectivity index (χ2v) is 4.93. The van der Waals surface area contributed by atoms with Gasteiger partial charge in [-0.1, -0.05) is 17.2 Å². The topological polar surface area (TPSA) is 32.3 Å². The minimum absolute atomic E-state index is 0.158. The van der Waals surface area contributed by atoms with E-state index in [9.17, 15) is 4.79 Å². The lowest BCUT2D eigenvalue weighted by molar-refractivity contribution is 0.0655. The normalized spacial score (nSPS) is 20.4. The van der Waals surface area contributed by atoms with E-state index in [0.717, 1.165) is 36.3 Å². The van der Waals surface area contributed by atoms with E-state index in [-0.39, 0.29) is 11.9 Å². The number of piperazine rings is 1. The molecular weight excluding hydrogens is 212 g/mol. The summed E-state index contributed by atoms with van der Waals surface area (Å²) in [6, 6.07) is 6.32. The van der Waals surface area contributed by atoms with Gasteiger partial charge in [0, 0.05) is 31.2 Å². The molecule has 0 radical (unpaired) electrons. The van der Waals surface area contributed by atoms with Crippen LogP contribution in [0.3, 0.4) is 0 Å². The van der Waals surface area contributed by atoms with Crippen molar-refractivity contribution in [2.45, 2.75) is 26.8 Å². The molecule has 1 heterocycles. The van der Waals surface area contributed by atoms with Crippen LogP contribution in [0.1, 0.15) is 28.4 Å². The third-order valence-electron chi connectivity index (χ3n) is 3.23. The van der Waals surface area contributed by atoms with Crippen LogP contribution in [0.25, 0.3) is 0 Å². The summed E-state index contributed by atoms with van der Waals surface area (Å²) >= 11 is 0. The number of hydrogen-bond acceptors (Lipinski definition) is 2. The molecule has 1 saturated heterocycles. The first-order valence-electron chi connectivity index (χ1n) is 6.18. The average Bonchev–Trinajstić information content (AvgIpc) is 2.27. The van der Waals surface area contributed by atoms with Gasteiger partial charge in [0.15, 0.2) is 0 Å². The van der Waals surface area contributed by atoms with Crippen molar-refractivity contribution in [1.29, 1.82) is 0 Å². The number of amides is 1. The Morgan fingerprint density at radius 2 is 1.94 bits per heavy atom. The molecule has 1 atom stereocenters. The molecule has 1 unspecified atom stereocenters. The summed E-state index contributed by atoms with van der Waals surface area (Å²) < 4.78 is 0. The first-order valence-corrected chi connectivity index (χ1v) is 6.18. The zero-order valence-electron chi connectivity index (χ0n) is 10.8.